The van der Waals surface area contributed by atoms with Crippen LogP contribution in [0.1, 0.15) is 60.8 Å². The maximum absolute atomic E-state index is 11.3. The standard InChI is InChI=1S/C17H30O2/c1-7-19-17(18)12-16(6)11-15(5)10-14(4)9-8-13(2)3/h11-14H,7-10H2,1-6H3. The molecule has 110 valence electrons. The van der Waals surface area contributed by atoms with Gasteiger partial charge >= 0.3 is 5.97 Å². The minimum absolute atomic E-state index is 0.253. The minimum atomic E-state index is -0.253. The molecule has 0 spiro atoms. The van der Waals surface area contributed by atoms with E-state index in [1.807, 2.05) is 13.8 Å². The molecule has 0 rings (SSSR count). The second-order valence-electron chi connectivity index (χ2n) is 5.91. The van der Waals surface area contributed by atoms with Gasteiger partial charge in [-0.25, -0.2) is 4.79 Å². The predicted octanol–water partition coefficient (Wildman–Crippen LogP) is 4.90. The molecular formula is C17H30O2. The van der Waals surface area contributed by atoms with Crippen molar-refractivity contribution in [3.63, 3.8) is 0 Å². The van der Waals surface area contributed by atoms with E-state index in [0.29, 0.717) is 12.5 Å². The second kappa shape index (κ2) is 9.82. The number of rotatable bonds is 8. The molecule has 0 aliphatic heterocycles. The van der Waals surface area contributed by atoms with E-state index in [1.165, 1.54) is 18.4 Å². The maximum atomic E-state index is 11.3. The Morgan fingerprint density at radius 3 is 2.26 bits per heavy atom. The SMILES string of the molecule is CCOC(=O)C=C(C)C=C(C)CC(C)CCC(C)C. The van der Waals surface area contributed by atoms with Gasteiger partial charge in [0, 0.05) is 6.08 Å². The van der Waals surface area contributed by atoms with E-state index < -0.39 is 0 Å². The van der Waals surface area contributed by atoms with Crippen LogP contribution in [0.2, 0.25) is 0 Å². The number of carbonyl (C=O) groups is 1. The molecule has 0 N–H and O–H groups in total. The highest BCUT2D eigenvalue weighted by atomic mass is 16.5. The molecule has 2 nitrogen and oxygen atoms in total. The van der Waals surface area contributed by atoms with E-state index in [1.54, 1.807) is 6.08 Å². The van der Waals surface area contributed by atoms with Crippen molar-refractivity contribution in [1.29, 1.82) is 0 Å². The lowest BCUT2D eigenvalue weighted by molar-refractivity contribution is -0.137. The van der Waals surface area contributed by atoms with Crippen LogP contribution in [0.4, 0.5) is 0 Å². The van der Waals surface area contributed by atoms with Crippen molar-refractivity contribution in [1.82, 2.24) is 0 Å². The van der Waals surface area contributed by atoms with Crippen LogP contribution in [0, 0.1) is 11.8 Å². The first-order chi connectivity index (χ1) is 8.85. The fourth-order valence-corrected chi connectivity index (χ4v) is 2.13. The molecule has 0 fully saturated rings. The van der Waals surface area contributed by atoms with E-state index in [-0.39, 0.29) is 5.97 Å². The third kappa shape index (κ3) is 10.5. The highest BCUT2D eigenvalue weighted by Crippen LogP contribution is 2.19. The second-order valence-corrected chi connectivity index (χ2v) is 5.91. The summed E-state index contributed by atoms with van der Waals surface area (Å²) in [6.45, 7) is 13.1. The number of ether oxygens (including phenoxy) is 1. The van der Waals surface area contributed by atoms with Crippen molar-refractivity contribution in [2.24, 2.45) is 11.8 Å². The van der Waals surface area contributed by atoms with Crippen LogP contribution in [0.15, 0.2) is 23.3 Å². The summed E-state index contributed by atoms with van der Waals surface area (Å²) in [4.78, 5) is 11.3. The normalized spacial score (nSPS) is 14.7. The highest BCUT2D eigenvalue weighted by Gasteiger charge is 2.05. The molecule has 1 unspecified atom stereocenters. The third-order valence-corrected chi connectivity index (χ3v) is 3.01. The van der Waals surface area contributed by atoms with Gasteiger partial charge in [-0.3, -0.25) is 0 Å². The van der Waals surface area contributed by atoms with Crippen molar-refractivity contribution in [2.45, 2.75) is 60.8 Å². The number of allylic oxidation sites excluding steroid dienone is 3. The lowest BCUT2D eigenvalue weighted by Crippen LogP contribution is -2.01. The molecule has 0 amide bonds. The highest BCUT2D eigenvalue weighted by molar-refractivity contribution is 5.83. The molecule has 0 saturated carbocycles. The first kappa shape index (κ1) is 17.9. The Labute approximate surface area is 118 Å². The molecule has 0 saturated heterocycles. The summed E-state index contributed by atoms with van der Waals surface area (Å²) in [5, 5.41) is 0. The summed E-state index contributed by atoms with van der Waals surface area (Å²) in [6, 6.07) is 0. The van der Waals surface area contributed by atoms with Gasteiger partial charge in [-0.2, -0.15) is 0 Å². The smallest absolute Gasteiger partial charge is 0.330 e. The maximum Gasteiger partial charge on any atom is 0.330 e. The van der Waals surface area contributed by atoms with Crippen LogP contribution < -0.4 is 0 Å². The van der Waals surface area contributed by atoms with Gasteiger partial charge in [0.15, 0.2) is 0 Å². The molecule has 0 aromatic carbocycles. The zero-order chi connectivity index (χ0) is 14.8. The molecule has 0 aliphatic carbocycles. The summed E-state index contributed by atoms with van der Waals surface area (Å²) in [5.41, 5.74) is 2.29. The van der Waals surface area contributed by atoms with E-state index in [4.69, 9.17) is 4.74 Å². The van der Waals surface area contributed by atoms with Gasteiger partial charge in [0.1, 0.15) is 0 Å². The van der Waals surface area contributed by atoms with Crippen molar-refractivity contribution in [2.75, 3.05) is 6.61 Å². The molecule has 0 heterocycles. The van der Waals surface area contributed by atoms with Gasteiger partial charge < -0.3 is 4.74 Å². The quantitative estimate of drug-likeness (QED) is 0.354. The summed E-state index contributed by atoms with van der Waals surface area (Å²) in [5.74, 6) is 1.23. The third-order valence-electron chi connectivity index (χ3n) is 3.01. The fraction of sp³-hybridized carbons (Fsp3) is 0.706. The Balaban J connectivity index is 4.28. The molecule has 1 atom stereocenters. The lowest BCUT2D eigenvalue weighted by Gasteiger charge is -2.13. The van der Waals surface area contributed by atoms with Crippen molar-refractivity contribution in [3.05, 3.63) is 23.3 Å². The topological polar surface area (TPSA) is 26.3 Å². The summed E-state index contributed by atoms with van der Waals surface area (Å²) < 4.78 is 4.90. The molecule has 19 heavy (non-hydrogen) atoms. The summed E-state index contributed by atoms with van der Waals surface area (Å²) in [6.07, 6.45) is 7.30. The fourth-order valence-electron chi connectivity index (χ4n) is 2.13. The Kier molecular flexibility index (Phi) is 9.28. The van der Waals surface area contributed by atoms with Crippen molar-refractivity contribution < 1.29 is 9.53 Å². The zero-order valence-corrected chi connectivity index (χ0v) is 13.5. The molecular weight excluding hydrogens is 236 g/mol. The zero-order valence-electron chi connectivity index (χ0n) is 13.5. The van der Waals surface area contributed by atoms with Gasteiger partial charge in [0.25, 0.3) is 0 Å². The van der Waals surface area contributed by atoms with Crippen LogP contribution >= 0.6 is 0 Å². The molecule has 0 radical (unpaired) electrons. The van der Waals surface area contributed by atoms with Crippen LogP contribution in [0.5, 0.6) is 0 Å². The molecule has 0 aromatic heterocycles. The first-order valence-electron chi connectivity index (χ1n) is 7.37. The lowest BCUT2D eigenvalue weighted by atomic mass is 9.93. The average Bonchev–Trinajstić information content (AvgIpc) is 2.25. The Morgan fingerprint density at radius 1 is 1.11 bits per heavy atom. The Bertz CT molecular complexity index is 324. The first-order valence-corrected chi connectivity index (χ1v) is 7.37. The molecule has 0 aliphatic rings. The summed E-state index contributed by atoms with van der Waals surface area (Å²) in [7, 11) is 0. The molecule has 0 aromatic rings. The van der Waals surface area contributed by atoms with E-state index >= 15 is 0 Å². The van der Waals surface area contributed by atoms with E-state index in [9.17, 15) is 4.79 Å². The van der Waals surface area contributed by atoms with Gasteiger partial charge in [-0.1, -0.05) is 45.3 Å². The van der Waals surface area contributed by atoms with Gasteiger partial charge in [-0.15, -0.1) is 0 Å². The van der Waals surface area contributed by atoms with Crippen LogP contribution in [0.3, 0.4) is 0 Å². The average molecular weight is 266 g/mol. The van der Waals surface area contributed by atoms with Crippen molar-refractivity contribution >= 4 is 5.97 Å². The molecule has 0 bridgehead atoms. The Hall–Kier alpha value is -1.05. The number of hydrogen-bond donors (Lipinski definition) is 0. The van der Waals surface area contributed by atoms with Gasteiger partial charge in [0.05, 0.1) is 6.61 Å². The monoisotopic (exact) mass is 266 g/mol. The van der Waals surface area contributed by atoms with Crippen LogP contribution in [-0.2, 0) is 9.53 Å². The molecule has 2 heteroatoms. The number of esters is 1. The largest absolute Gasteiger partial charge is 0.463 e. The number of carbonyl (C=O) groups excluding carboxylic acids is 1. The van der Waals surface area contributed by atoms with E-state index in [2.05, 4.69) is 33.8 Å². The van der Waals surface area contributed by atoms with Gasteiger partial charge in [0.2, 0.25) is 0 Å². The number of hydrogen-bond acceptors (Lipinski definition) is 2. The van der Waals surface area contributed by atoms with Gasteiger partial charge in [-0.05, 0) is 44.6 Å². The minimum Gasteiger partial charge on any atom is -0.463 e. The van der Waals surface area contributed by atoms with Crippen LogP contribution in [-0.4, -0.2) is 12.6 Å². The van der Waals surface area contributed by atoms with Crippen LogP contribution in [0.25, 0.3) is 0 Å². The van der Waals surface area contributed by atoms with Crippen molar-refractivity contribution in [3.8, 4) is 0 Å². The van der Waals surface area contributed by atoms with E-state index in [0.717, 1.165) is 17.9 Å². The summed E-state index contributed by atoms with van der Waals surface area (Å²) >= 11 is 0. The predicted molar refractivity (Wildman–Crippen MR) is 82.0 cm³/mol. The Morgan fingerprint density at radius 2 is 1.74 bits per heavy atom.